The Hall–Kier alpha value is -2.69. The molecular weight excluding hydrogens is 334 g/mol. The van der Waals surface area contributed by atoms with Crippen molar-refractivity contribution < 1.29 is 29.1 Å². The molecule has 0 aromatic heterocycles. The van der Waals surface area contributed by atoms with Gasteiger partial charge in [-0.05, 0) is 19.3 Å². The van der Waals surface area contributed by atoms with Crippen LogP contribution < -0.4 is 22.1 Å². The van der Waals surface area contributed by atoms with E-state index in [0.717, 1.165) is 0 Å². The van der Waals surface area contributed by atoms with Crippen LogP contribution in [0.3, 0.4) is 0 Å². The highest BCUT2D eigenvalue weighted by atomic mass is 16.4. The lowest BCUT2D eigenvalue weighted by Gasteiger charge is -2.22. The van der Waals surface area contributed by atoms with Crippen molar-refractivity contribution >= 4 is 29.6 Å². The summed E-state index contributed by atoms with van der Waals surface area (Å²) in [5.41, 5.74) is 10.2. The van der Waals surface area contributed by atoms with Gasteiger partial charge in [0.25, 0.3) is 0 Å². The van der Waals surface area contributed by atoms with Gasteiger partial charge in [0.2, 0.25) is 23.6 Å². The number of amides is 4. The SMILES string of the molecule is NCC(=O)NC(CCC(N)=O)C(=O)NCC(=O)N1CCCC1C(=O)O. The van der Waals surface area contributed by atoms with Gasteiger partial charge >= 0.3 is 5.97 Å². The maximum Gasteiger partial charge on any atom is 0.326 e. The number of rotatable bonds is 9. The Balaban J connectivity index is 2.60. The zero-order valence-corrected chi connectivity index (χ0v) is 13.7. The molecular formula is C14H23N5O6. The van der Waals surface area contributed by atoms with Crippen molar-refractivity contribution in [1.82, 2.24) is 15.5 Å². The van der Waals surface area contributed by atoms with Crippen LogP contribution >= 0.6 is 0 Å². The minimum absolute atomic E-state index is 0.0391. The molecule has 1 saturated heterocycles. The van der Waals surface area contributed by atoms with Crippen LogP contribution in [-0.2, 0) is 24.0 Å². The number of primary amides is 1. The van der Waals surface area contributed by atoms with Gasteiger partial charge in [-0.25, -0.2) is 4.79 Å². The van der Waals surface area contributed by atoms with Crippen molar-refractivity contribution in [3.8, 4) is 0 Å². The van der Waals surface area contributed by atoms with Gasteiger partial charge in [0, 0.05) is 13.0 Å². The highest BCUT2D eigenvalue weighted by Crippen LogP contribution is 2.17. The van der Waals surface area contributed by atoms with Crippen LogP contribution in [0.5, 0.6) is 0 Å². The molecule has 2 unspecified atom stereocenters. The Morgan fingerprint density at radius 3 is 2.48 bits per heavy atom. The summed E-state index contributed by atoms with van der Waals surface area (Å²) in [4.78, 5) is 58.7. The van der Waals surface area contributed by atoms with Crippen LogP contribution in [0.15, 0.2) is 0 Å². The van der Waals surface area contributed by atoms with Gasteiger partial charge in [-0.15, -0.1) is 0 Å². The van der Waals surface area contributed by atoms with E-state index in [2.05, 4.69) is 10.6 Å². The Kier molecular flexibility index (Phi) is 7.79. The van der Waals surface area contributed by atoms with Gasteiger partial charge in [0.05, 0.1) is 13.1 Å². The molecule has 0 aromatic carbocycles. The lowest BCUT2D eigenvalue weighted by molar-refractivity contribution is -0.148. The summed E-state index contributed by atoms with van der Waals surface area (Å²) >= 11 is 0. The number of nitrogens with two attached hydrogens (primary N) is 2. The van der Waals surface area contributed by atoms with Crippen molar-refractivity contribution in [1.29, 1.82) is 0 Å². The number of nitrogens with one attached hydrogen (secondary N) is 2. The molecule has 1 rings (SSSR count). The topological polar surface area (TPSA) is 185 Å². The smallest absolute Gasteiger partial charge is 0.326 e. The molecule has 4 amide bonds. The zero-order valence-electron chi connectivity index (χ0n) is 13.7. The number of hydrogen-bond donors (Lipinski definition) is 5. The quantitative estimate of drug-likeness (QED) is 0.289. The first-order valence-electron chi connectivity index (χ1n) is 7.84. The third-order valence-electron chi connectivity index (χ3n) is 3.79. The fraction of sp³-hybridized carbons (Fsp3) is 0.643. The number of nitrogens with zero attached hydrogens (tertiary/aromatic N) is 1. The number of aliphatic carboxylic acids is 1. The van der Waals surface area contributed by atoms with E-state index in [1.54, 1.807) is 0 Å². The second kappa shape index (κ2) is 9.57. The van der Waals surface area contributed by atoms with Gasteiger partial charge in [-0.2, -0.15) is 0 Å². The first-order chi connectivity index (χ1) is 11.8. The summed E-state index contributed by atoms with van der Waals surface area (Å²) in [6, 6.07) is -1.96. The van der Waals surface area contributed by atoms with Gasteiger partial charge < -0.3 is 32.1 Å². The molecule has 0 aliphatic carbocycles. The number of carboxylic acid groups (broad SMARTS) is 1. The molecule has 0 radical (unpaired) electrons. The number of likely N-dealkylation sites (tertiary alicyclic amines) is 1. The molecule has 0 aromatic rings. The van der Waals surface area contributed by atoms with Crippen LogP contribution in [0, 0.1) is 0 Å². The van der Waals surface area contributed by atoms with E-state index < -0.39 is 48.2 Å². The molecule has 2 atom stereocenters. The largest absolute Gasteiger partial charge is 0.480 e. The lowest BCUT2D eigenvalue weighted by Crippen LogP contribution is -2.51. The van der Waals surface area contributed by atoms with E-state index in [1.165, 1.54) is 4.90 Å². The van der Waals surface area contributed by atoms with Gasteiger partial charge in [0.1, 0.15) is 12.1 Å². The predicted octanol–water partition coefficient (Wildman–Crippen LogP) is -3.11. The highest BCUT2D eigenvalue weighted by Gasteiger charge is 2.34. The van der Waals surface area contributed by atoms with Crippen molar-refractivity contribution in [2.75, 3.05) is 19.6 Å². The fourth-order valence-electron chi connectivity index (χ4n) is 2.52. The standard InChI is InChI=1S/C14H23N5O6/c15-6-11(21)18-8(3-4-10(16)20)13(23)17-7-12(22)19-5-1-2-9(19)14(24)25/h8-9H,1-7,15H2,(H2,16,20)(H,17,23)(H,18,21)(H,24,25). The molecule has 140 valence electrons. The molecule has 1 heterocycles. The average molecular weight is 357 g/mol. The molecule has 1 aliphatic heterocycles. The summed E-state index contributed by atoms with van der Waals surface area (Å²) in [6.45, 7) is -0.442. The van der Waals surface area contributed by atoms with Crippen LogP contribution in [0.2, 0.25) is 0 Å². The number of carbonyl (C=O) groups is 5. The molecule has 7 N–H and O–H groups in total. The Morgan fingerprint density at radius 2 is 1.92 bits per heavy atom. The highest BCUT2D eigenvalue weighted by molar-refractivity contribution is 5.92. The van der Waals surface area contributed by atoms with Gasteiger partial charge in [-0.1, -0.05) is 0 Å². The fourth-order valence-corrected chi connectivity index (χ4v) is 2.52. The second-order valence-electron chi connectivity index (χ2n) is 5.63. The minimum Gasteiger partial charge on any atom is -0.480 e. The van der Waals surface area contributed by atoms with Crippen molar-refractivity contribution in [3.63, 3.8) is 0 Å². The Bertz CT molecular complexity index is 552. The number of hydrogen-bond acceptors (Lipinski definition) is 6. The van der Waals surface area contributed by atoms with E-state index in [4.69, 9.17) is 16.6 Å². The molecule has 1 fully saturated rings. The van der Waals surface area contributed by atoms with Crippen LogP contribution in [0.4, 0.5) is 0 Å². The third kappa shape index (κ3) is 6.37. The van der Waals surface area contributed by atoms with Crippen molar-refractivity contribution in [3.05, 3.63) is 0 Å². The minimum atomic E-state index is -1.09. The normalized spacial score (nSPS) is 17.6. The summed E-state index contributed by atoms with van der Waals surface area (Å²) in [6.07, 6.45) is 0.764. The molecule has 11 nitrogen and oxygen atoms in total. The summed E-state index contributed by atoms with van der Waals surface area (Å²) in [5, 5.41) is 13.7. The number of carboxylic acids is 1. The van der Waals surface area contributed by atoms with E-state index in [-0.39, 0.29) is 19.4 Å². The maximum absolute atomic E-state index is 12.1. The average Bonchev–Trinajstić information content (AvgIpc) is 3.05. The molecule has 0 saturated carbocycles. The lowest BCUT2D eigenvalue weighted by atomic mass is 10.1. The molecule has 25 heavy (non-hydrogen) atoms. The van der Waals surface area contributed by atoms with Crippen LogP contribution in [0.1, 0.15) is 25.7 Å². The molecule has 0 bridgehead atoms. The van der Waals surface area contributed by atoms with Crippen LogP contribution in [-0.4, -0.2) is 71.3 Å². The van der Waals surface area contributed by atoms with Gasteiger partial charge in [-0.3, -0.25) is 19.2 Å². The van der Waals surface area contributed by atoms with E-state index in [9.17, 15) is 24.0 Å². The monoisotopic (exact) mass is 357 g/mol. The van der Waals surface area contributed by atoms with Gasteiger partial charge in [0.15, 0.2) is 0 Å². The number of carbonyl (C=O) groups excluding carboxylic acids is 4. The first-order valence-corrected chi connectivity index (χ1v) is 7.84. The third-order valence-corrected chi connectivity index (χ3v) is 3.79. The predicted molar refractivity (Wildman–Crippen MR) is 84.8 cm³/mol. The van der Waals surface area contributed by atoms with Crippen molar-refractivity contribution in [2.24, 2.45) is 11.5 Å². The Morgan fingerprint density at radius 1 is 1.24 bits per heavy atom. The molecule has 0 spiro atoms. The van der Waals surface area contributed by atoms with E-state index in [1.807, 2.05) is 0 Å². The second-order valence-corrected chi connectivity index (χ2v) is 5.63. The molecule has 1 aliphatic rings. The van der Waals surface area contributed by atoms with E-state index >= 15 is 0 Å². The van der Waals surface area contributed by atoms with E-state index in [0.29, 0.717) is 19.4 Å². The summed E-state index contributed by atoms with van der Waals surface area (Å²) in [5.74, 6) is -3.54. The summed E-state index contributed by atoms with van der Waals surface area (Å²) in [7, 11) is 0. The van der Waals surface area contributed by atoms with Crippen molar-refractivity contribution in [2.45, 2.75) is 37.8 Å². The van der Waals surface area contributed by atoms with Crippen LogP contribution in [0.25, 0.3) is 0 Å². The zero-order chi connectivity index (χ0) is 19.0. The maximum atomic E-state index is 12.1. The molecule has 11 heteroatoms. The first kappa shape index (κ1) is 20.4. The Labute approximate surface area is 144 Å². The summed E-state index contributed by atoms with van der Waals surface area (Å²) < 4.78 is 0.